The molecule has 0 saturated carbocycles. The Balaban J connectivity index is 1.89. The lowest BCUT2D eigenvalue weighted by molar-refractivity contribution is -0.152. The number of carbonyl (C=O) groups is 1. The molecule has 0 fully saturated rings. The smallest absolute Gasteiger partial charge is 0.334 e. The third-order valence-electron chi connectivity index (χ3n) is 3.28. The van der Waals surface area contributed by atoms with Crippen molar-refractivity contribution in [2.75, 3.05) is 12.4 Å². The molecule has 1 heterocycles. The van der Waals surface area contributed by atoms with Crippen LogP contribution in [0.15, 0.2) is 23.4 Å². The van der Waals surface area contributed by atoms with Gasteiger partial charge in [0.25, 0.3) is 0 Å². The normalized spacial score (nSPS) is 12.2. The highest BCUT2D eigenvalue weighted by Crippen LogP contribution is 2.20. The number of aryl methyl sites for hydroxylation is 2. The van der Waals surface area contributed by atoms with E-state index in [1.54, 1.807) is 4.68 Å². The lowest BCUT2D eigenvalue weighted by Crippen LogP contribution is -2.19. The van der Waals surface area contributed by atoms with Crippen LogP contribution < -0.4 is 0 Å². The molecule has 8 heteroatoms. The van der Waals surface area contributed by atoms with E-state index in [4.69, 9.17) is 9.84 Å². The first-order chi connectivity index (χ1) is 11.0. The Labute approximate surface area is 139 Å². The van der Waals surface area contributed by atoms with Crippen LogP contribution in [0.1, 0.15) is 24.5 Å². The van der Waals surface area contributed by atoms with E-state index in [1.807, 2.05) is 25.1 Å². The minimum Gasteiger partial charge on any atom is -0.464 e. The number of nitrogens with zero attached hydrogens (tertiary/aromatic N) is 4. The second-order valence-corrected chi connectivity index (χ2v) is 6.25. The quantitative estimate of drug-likeness (QED) is 0.467. The number of hydrogen-bond acceptors (Lipinski definition) is 7. The van der Waals surface area contributed by atoms with E-state index in [1.165, 1.54) is 29.8 Å². The minimum absolute atomic E-state index is 0.266. The predicted octanol–water partition coefficient (Wildman–Crippen LogP) is 1.69. The van der Waals surface area contributed by atoms with Gasteiger partial charge in [0, 0.05) is 5.75 Å². The molecule has 0 aliphatic carbocycles. The Morgan fingerprint density at radius 1 is 1.39 bits per heavy atom. The molecule has 1 aromatic heterocycles. The van der Waals surface area contributed by atoms with Gasteiger partial charge in [0.1, 0.15) is 6.10 Å². The summed E-state index contributed by atoms with van der Waals surface area (Å²) in [6.45, 7) is 5.76. The topological polar surface area (TPSA) is 90.1 Å². The fraction of sp³-hybridized carbons (Fsp3) is 0.467. The second kappa shape index (κ2) is 8.07. The summed E-state index contributed by atoms with van der Waals surface area (Å²) in [6.07, 6.45) is -0.428. The average Bonchev–Trinajstić information content (AvgIpc) is 2.97. The predicted molar refractivity (Wildman–Crippen MR) is 86.6 cm³/mol. The van der Waals surface area contributed by atoms with Gasteiger partial charge in [-0.3, -0.25) is 0 Å². The van der Waals surface area contributed by atoms with Crippen molar-refractivity contribution in [2.45, 2.75) is 38.5 Å². The van der Waals surface area contributed by atoms with Crippen molar-refractivity contribution in [1.82, 2.24) is 20.2 Å². The molecule has 0 amide bonds. The molecule has 7 nitrogen and oxygen atoms in total. The fourth-order valence-electron chi connectivity index (χ4n) is 1.80. The Morgan fingerprint density at radius 2 is 2.17 bits per heavy atom. The fourth-order valence-corrected chi connectivity index (χ4v) is 2.61. The van der Waals surface area contributed by atoms with E-state index in [0.717, 1.165) is 5.69 Å². The minimum atomic E-state index is -1.08. The number of tetrazole rings is 1. The number of thioether (sulfide) groups is 1. The number of carbonyl (C=O) groups excluding carboxylic acids is 1. The standard InChI is InChI=1S/C15H20N4O3S/c1-10-5-6-13(9-11(10)2)19-15(16-17-18-19)23-8-4-7-22-14(21)12(3)20/h5-6,9,12,20H,4,7-8H2,1-3H3/t12-/m0/s1. The Bertz CT molecular complexity index is 672. The molecular weight excluding hydrogens is 316 g/mol. The lowest BCUT2D eigenvalue weighted by atomic mass is 10.1. The van der Waals surface area contributed by atoms with Gasteiger partial charge in [0.2, 0.25) is 5.16 Å². The van der Waals surface area contributed by atoms with Crippen molar-refractivity contribution >= 4 is 17.7 Å². The van der Waals surface area contributed by atoms with Crippen molar-refractivity contribution in [3.05, 3.63) is 29.3 Å². The molecule has 0 unspecified atom stereocenters. The summed E-state index contributed by atoms with van der Waals surface area (Å²) in [5, 5.41) is 21.5. The lowest BCUT2D eigenvalue weighted by Gasteiger charge is -2.07. The maximum Gasteiger partial charge on any atom is 0.334 e. The summed E-state index contributed by atoms with van der Waals surface area (Å²) >= 11 is 1.49. The SMILES string of the molecule is Cc1ccc(-n2nnnc2SCCCOC(=O)[C@H](C)O)cc1C. The van der Waals surface area contributed by atoms with Gasteiger partial charge in [-0.2, -0.15) is 4.68 Å². The summed E-state index contributed by atoms with van der Waals surface area (Å²) in [5.41, 5.74) is 3.32. The first-order valence-corrected chi connectivity index (χ1v) is 8.31. The van der Waals surface area contributed by atoms with E-state index >= 15 is 0 Å². The zero-order valence-corrected chi connectivity index (χ0v) is 14.2. The van der Waals surface area contributed by atoms with Crippen LogP contribution in [0.5, 0.6) is 0 Å². The molecule has 0 aliphatic heterocycles. The van der Waals surface area contributed by atoms with Gasteiger partial charge in [-0.15, -0.1) is 5.10 Å². The highest BCUT2D eigenvalue weighted by atomic mass is 32.2. The highest BCUT2D eigenvalue weighted by Gasteiger charge is 2.11. The number of aromatic nitrogens is 4. The van der Waals surface area contributed by atoms with Gasteiger partial charge in [-0.1, -0.05) is 17.8 Å². The molecule has 1 N–H and O–H groups in total. The van der Waals surface area contributed by atoms with E-state index in [2.05, 4.69) is 22.4 Å². The van der Waals surface area contributed by atoms with Crippen LogP contribution in [0.2, 0.25) is 0 Å². The first-order valence-electron chi connectivity index (χ1n) is 7.32. The average molecular weight is 336 g/mol. The van der Waals surface area contributed by atoms with E-state index in [-0.39, 0.29) is 6.61 Å². The molecule has 1 aromatic carbocycles. The van der Waals surface area contributed by atoms with Crippen molar-refractivity contribution in [1.29, 1.82) is 0 Å². The Kier molecular flexibility index (Phi) is 6.12. The van der Waals surface area contributed by atoms with Crippen LogP contribution in [-0.2, 0) is 9.53 Å². The maximum absolute atomic E-state index is 11.1. The molecule has 0 spiro atoms. The number of hydrogen-bond donors (Lipinski definition) is 1. The molecule has 2 aromatic rings. The van der Waals surface area contributed by atoms with Crippen molar-refractivity contribution in [2.24, 2.45) is 0 Å². The molecule has 0 aliphatic rings. The number of ether oxygens (including phenoxy) is 1. The molecule has 0 bridgehead atoms. The third-order valence-corrected chi connectivity index (χ3v) is 4.29. The van der Waals surface area contributed by atoms with Gasteiger partial charge in [0.05, 0.1) is 12.3 Å². The summed E-state index contributed by atoms with van der Waals surface area (Å²) in [5.74, 6) is 0.105. The summed E-state index contributed by atoms with van der Waals surface area (Å²) in [4.78, 5) is 11.1. The molecule has 23 heavy (non-hydrogen) atoms. The molecule has 2 rings (SSSR count). The van der Waals surface area contributed by atoms with E-state index in [9.17, 15) is 4.79 Å². The summed E-state index contributed by atoms with van der Waals surface area (Å²) in [6, 6.07) is 6.06. The summed E-state index contributed by atoms with van der Waals surface area (Å²) < 4.78 is 6.60. The third kappa shape index (κ3) is 4.77. The van der Waals surface area contributed by atoms with Gasteiger partial charge < -0.3 is 9.84 Å². The van der Waals surface area contributed by atoms with Gasteiger partial charge in [-0.25, -0.2) is 4.79 Å². The van der Waals surface area contributed by atoms with Crippen LogP contribution in [0.3, 0.4) is 0 Å². The highest BCUT2D eigenvalue weighted by molar-refractivity contribution is 7.99. The van der Waals surface area contributed by atoms with E-state index in [0.29, 0.717) is 17.3 Å². The largest absolute Gasteiger partial charge is 0.464 e. The molecular formula is C15H20N4O3S. The first kappa shape index (κ1) is 17.4. The molecule has 0 radical (unpaired) electrons. The zero-order chi connectivity index (χ0) is 16.8. The number of rotatable bonds is 7. The van der Waals surface area contributed by atoms with Gasteiger partial charge in [-0.05, 0) is 60.9 Å². The molecule has 0 saturated heterocycles. The number of aliphatic hydroxyl groups excluding tert-OH is 1. The number of benzene rings is 1. The van der Waals surface area contributed by atoms with Crippen LogP contribution in [-0.4, -0.2) is 49.7 Å². The van der Waals surface area contributed by atoms with Crippen molar-refractivity contribution in [3.8, 4) is 5.69 Å². The Hall–Kier alpha value is -1.93. The number of esters is 1. The van der Waals surface area contributed by atoms with Crippen LogP contribution in [0.25, 0.3) is 5.69 Å². The van der Waals surface area contributed by atoms with Crippen LogP contribution in [0.4, 0.5) is 0 Å². The van der Waals surface area contributed by atoms with E-state index < -0.39 is 12.1 Å². The van der Waals surface area contributed by atoms with Gasteiger partial charge >= 0.3 is 5.97 Å². The van der Waals surface area contributed by atoms with Crippen LogP contribution in [0, 0.1) is 13.8 Å². The second-order valence-electron chi connectivity index (χ2n) is 5.19. The Morgan fingerprint density at radius 3 is 2.87 bits per heavy atom. The van der Waals surface area contributed by atoms with Gasteiger partial charge in [0.15, 0.2) is 0 Å². The van der Waals surface area contributed by atoms with Crippen molar-refractivity contribution < 1.29 is 14.6 Å². The van der Waals surface area contributed by atoms with Crippen LogP contribution >= 0.6 is 11.8 Å². The van der Waals surface area contributed by atoms with Crippen molar-refractivity contribution in [3.63, 3.8) is 0 Å². The monoisotopic (exact) mass is 336 g/mol. The molecule has 124 valence electrons. The zero-order valence-electron chi connectivity index (χ0n) is 13.4. The molecule has 1 atom stereocenters. The maximum atomic E-state index is 11.1. The number of aliphatic hydroxyl groups is 1. The summed E-state index contributed by atoms with van der Waals surface area (Å²) in [7, 11) is 0.